The van der Waals surface area contributed by atoms with Crippen molar-refractivity contribution in [2.75, 3.05) is 19.8 Å². The molecule has 0 heterocycles. The van der Waals surface area contributed by atoms with Crippen LogP contribution in [-0.4, -0.2) is 48.5 Å². The molecule has 0 unspecified atom stereocenters. The number of aliphatic hydroxyl groups excluding tert-OH is 3. The van der Waals surface area contributed by atoms with E-state index in [2.05, 4.69) is 0 Å². The van der Waals surface area contributed by atoms with Gasteiger partial charge in [0.25, 0.3) is 0 Å². The van der Waals surface area contributed by atoms with Crippen LogP contribution in [-0.2, 0) is 11.4 Å². The Bertz CT molecular complexity index is 69.9. The second kappa shape index (κ2) is 66.7. The smallest absolute Gasteiger partial charge is 0.0402 e. The van der Waals surface area contributed by atoms with Gasteiger partial charge in [-0.2, -0.15) is 0 Å². The van der Waals surface area contributed by atoms with Crippen molar-refractivity contribution in [2.45, 2.75) is 20.8 Å². The maximum atomic E-state index is 8.44. The highest BCUT2D eigenvalue weighted by Gasteiger charge is 1.35. The number of rotatable bonds is 0. The molecule has 0 aliphatic carbocycles. The van der Waals surface area contributed by atoms with E-state index in [1.165, 1.54) is 0 Å². The normalized spacial score (nSPS) is 5.93. The lowest BCUT2D eigenvalue weighted by Gasteiger charge is -2.03. The summed E-state index contributed by atoms with van der Waals surface area (Å²) in [5.74, 6) is 0. The molecule has 15 heavy (non-hydrogen) atoms. The van der Waals surface area contributed by atoms with E-state index in [9.17, 15) is 0 Å². The Balaban J connectivity index is -0.0000000174. The Hall–Kier alpha value is -0.130. The third-order valence-corrected chi connectivity index (χ3v) is 0. The van der Waals surface area contributed by atoms with Crippen molar-refractivity contribution in [3.05, 3.63) is 0 Å². The summed E-state index contributed by atoms with van der Waals surface area (Å²) in [6.45, 7) is 5.79. The second-order valence-corrected chi connectivity index (χ2v) is 1.56. The van der Waals surface area contributed by atoms with Crippen LogP contribution in [0.4, 0.5) is 0 Å². The molecule has 102 valence electrons. The molecule has 0 aromatic carbocycles. The molecule has 0 radical (unpaired) electrons. The number of hydrogen-bond acceptors (Lipinski definition) is 6. The zero-order chi connectivity index (χ0) is 11.7. The van der Waals surface area contributed by atoms with Crippen molar-refractivity contribution in [3.63, 3.8) is 0 Å². The van der Waals surface area contributed by atoms with Gasteiger partial charge in [0, 0.05) is 19.8 Å². The molecule has 11 N–H and O–H groups in total. The predicted octanol–water partition coefficient (Wildman–Crippen LogP) is -0.256. The van der Waals surface area contributed by atoms with Crippen molar-refractivity contribution >= 4 is 11.4 Å². The molecule has 0 saturated heterocycles. The lowest BCUT2D eigenvalue weighted by molar-refractivity contribution is 0.318. The fraction of sp³-hybridized carbons (Fsp3) is 1.00. The van der Waals surface area contributed by atoms with E-state index in [-0.39, 0.29) is 32.1 Å². The fourth-order valence-electron chi connectivity index (χ4n) is 0. The van der Waals surface area contributed by atoms with Crippen LogP contribution >= 0.6 is 0 Å². The van der Waals surface area contributed by atoms with Crippen LogP contribution in [0.3, 0.4) is 0 Å². The third-order valence-electron chi connectivity index (χ3n) is 0. The Morgan fingerprint density at radius 3 is 0.867 bits per heavy atom. The van der Waals surface area contributed by atoms with E-state index >= 15 is 0 Å². The Morgan fingerprint density at radius 1 is 0.867 bits per heavy atom. The van der Waals surface area contributed by atoms with E-state index in [1.807, 2.05) is 0 Å². The first kappa shape index (κ1) is 36.4. The van der Waals surface area contributed by atoms with Gasteiger partial charge in [0.05, 0.1) is 0 Å². The van der Waals surface area contributed by atoms with E-state index in [0.29, 0.717) is 0 Å². The summed E-state index contributed by atoms with van der Waals surface area (Å²) in [5, 5.41) is 22.7. The molecule has 0 aliphatic heterocycles. The van der Waals surface area contributed by atoms with Crippen molar-refractivity contribution in [1.29, 1.82) is 0 Å². The monoisotopic (exact) mass is 254 g/mol. The topological polar surface area (TPSA) is 197 Å². The molecule has 0 atom stereocenters. The van der Waals surface area contributed by atoms with Gasteiger partial charge in [-0.3, -0.25) is 4.21 Å². The summed E-state index contributed by atoms with van der Waals surface area (Å²) in [6.07, 6.45) is 0. The van der Waals surface area contributed by atoms with Crippen LogP contribution in [0.1, 0.15) is 20.8 Å². The maximum Gasteiger partial charge on any atom is 0.0402 e. The minimum Gasteiger partial charge on any atom is -0.784 e. The summed E-state index contributed by atoms with van der Waals surface area (Å²) < 4.78 is 25.3. The highest BCUT2D eigenvalue weighted by Crippen LogP contribution is 1.42. The van der Waals surface area contributed by atoms with Gasteiger partial charge in [0.2, 0.25) is 0 Å². The largest absolute Gasteiger partial charge is 0.784 e. The minimum absolute atomic E-state index is 0. The summed E-state index contributed by atoms with van der Waals surface area (Å²) in [5.41, 5.74) is 0. The van der Waals surface area contributed by atoms with Crippen molar-refractivity contribution < 1.29 is 28.6 Å². The molecule has 0 rings (SSSR count). The number of hydrogen-bond donors (Lipinski definition) is 5. The Morgan fingerprint density at radius 2 is 0.867 bits per heavy atom. The van der Waals surface area contributed by atoms with Crippen LogP contribution in [0.5, 0.6) is 0 Å². The number of quaternary nitrogens is 2. The quantitative estimate of drug-likeness (QED) is 0.369. The SMILES string of the molecule is CCO.CCO.CCO.O=S([O-])[O-].[NH4+].[NH4+]. The number of aliphatic hydroxyl groups is 3. The van der Waals surface area contributed by atoms with Crippen LogP contribution in [0, 0.1) is 0 Å². The Labute approximate surface area is 93.6 Å². The van der Waals surface area contributed by atoms with Gasteiger partial charge in [-0.1, -0.05) is 0 Å². The average molecular weight is 254 g/mol. The van der Waals surface area contributed by atoms with E-state index in [1.54, 1.807) is 20.8 Å². The van der Waals surface area contributed by atoms with E-state index < -0.39 is 11.4 Å². The van der Waals surface area contributed by atoms with E-state index in [4.69, 9.17) is 28.6 Å². The molecular formula is C6H26N2O6S. The summed E-state index contributed by atoms with van der Waals surface area (Å²) >= 11 is -3.11. The Kier molecular flexibility index (Phi) is 162. The first-order chi connectivity index (χ1) is 5.97. The summed E-state index contributed by atoms with van der Waals surface area (Å²) in [7, 11) is 0. The lowest BCUT2D eigenvalue weighted by Crippen LogP contribution is -1.76. The molecule has 0 spiro atoms. The summed E-state index contributed by atoms with van der Waals surface area (Å²) in [4.78, 5) is 0. The van der Waals surface area contributed by atoms with Gasteiger partial charge in [0.15, 0.2) is 0 Å². The molecule has 0 amide bonds. The van der Waals surface area contributed by atoms with E-state index in [0.717, 1.165) is 0 Å². The van der Waals surface area contributed by atoms with Crippen LogP contribution in [0.2, 0.25) is 0 Å². The van der Waals surface area contributed by atoms with Crippen LogP contribution in [0.15, 0.2) is 0 Å². The molecule has 0 fully saturated rings. The van der Waals surface area contributed by atoms with Crippen LogP contribution < -0.4 is 12.3 Å². The molecule has 0 aliphatic rings. The third kappa shape index (κ3) is 116000. The molecular weight excluding hydrogens is 228 g/mol. The molecule has 0 aromatic rings. The van der Waals surface area contributed by atoms with Crippen molar-refractivity contribution in [2.24, 2.45) is 0 Å². The first-order valence-electron chi connectivity index (χ1n) is 3.57. The van der Waals surface area contributed by atoms with Gasteiger partial charge < -0.3 is 36.7 Å². The van der Waals surface area contributed by atoms with Crippen molar-refractivity contribution in [1.82, 2.24) is 12.3 Å². The minimum atomic E-state index is -3.11. The molecule has 8 nitrogen and oxygen atoms in total. The van der Waals surface area contributed by atoms with Gasteiger partial charge >= 0.3 is 0 Å². The molecule has 0 aromatic heterocycles. The van der Waals surface area contributed by atoms with Gasteiger partial charge in [-0.05, 0) is 20.8 Å². The van der Waals surface area contributed by atoms with Gasteiger partial charge in [-0.25, -0.2) is 0 Å². The summed E-state index contributed by atoms with van der Waals surface area (Å²) in [6, 6.07) is 0. The fourth-order valence-corrected chi connectivity index (χ4v) is 0. The molecule has 0 saturated carbocycles. The lowest BCUT2D eigenvalue weighted by atomic mass is 10.9. The zero-order valence-electron chi connectivity index (χ0n) is 10.1. The maximum absolute atomic E-state index is 8.44. The zero-order valence-corrected chi connectivity index (χ0v) is 10.9. The molecule has 0 bridgehead atoms. The predicted molar refractivity (Wildman–Crippen MR) is 59.9 cm³/mol. The van der Waals surface area contributed by atoms with Crippen LogP contribution in [0.25, 0.3) is 0 Å². The standard InChI is InChI=1S/3C2H6O.2H3N.H2O3S/c3*1-2-3;;;1-4(2)3/h3*3H,2H2,1H3;2*1H3;(H2,1,2,3). The average Bonchev–Trinajstić information content (AvgIpc) is 1.88. The van der Waals surface area contributed by atoms with Gasteiger partial charge in [0.1, 0.15) is 0 Å². The first-order valence-corrected chi connectivity index (χ1v) is 4.57. The highest BCUT2D eigenvalue weighted by atomic mass is 32.2. The second-order valence-electron chi connectivity index (χ2n) is 1.15. The highest BCUT2D eigenvalue weighted by molar-refractivity contribution is 7.72. The molecule has 9 heteroatoms. The van der Waals surface area contributed by atoms with Gasteiger partial charge in [-0.15, -0.1) is 11.4 Å². The van der Waals surface area contributed by atoms with Crippen molar-refractivity contribution in [3.8, 4) is 0 Å².